The van der Waals surface area contributed by atoms with Crippen molar-refractivity contribution in [1.29, 1.82) is 0 Å². The van der Waals surface area contributed by atoms with Gasteiger partial charge in [0.15, 0.2) is 0 Å². The normalized spacial score (nSPS) is 18.7. The second kappa shape index (κ2) is 8.71. The fourth-order valence-electron chi connectivity index (χ4n) is 1.90. The van der Waals surface area contributed by atoms with Crippen molar-refractivity contribution >= 4 is 46.9 Å². The Labute approximate surface area is 138 Å². The molecule has 0 heterocycles. The number of carbonyl (C=O) groups excluding carboxylic acids is 2. The van der Waals surface area contributed by atoms with Gasteiger partial charge in [0.1, 0.15) is 12.7 Å². The molecule has 1 unspecified atom stereocenters. The fourth-order valence-corrected chi connectivity index (χ4v) is 2.06. The molecule has 0 saturated carbocycles. The van der Waals surface area contributed by atoms with E-state index >= 15 is 0 Å². The SMILES string of the molecule is CCOC(=O)CC1=CCCCC1OC(=O)OCC(Cl)(Cl)Cl. The van der Waals surface area contributed by atoms with Gasteiger partial charge >= 0.3 is 12.1 Å². The van der Waals surface area contributed by atoms with Gasteiger partial charge in [0.05, 0.1) is 13.0 Å². The van der Waals surface area contributed by atoms with Crippen LogP contribution in [0.1, 0.15) is 32.6 Å². The Bertz CT molecular complexity index is 403. The first kappa shape index (κ1) is 18.4. The molecule has 0 aromatic carbocycles. The molecule has 0 amide bonds. The lowest BCUT2D eigenvalue weighted by Gasteiger charge is -2.24. The highest BCUT2D eigenvalue weighted by atomic mass is 35.6. The molecule has 5 nitrogen and oxygen atoms in total. The Morgan fingerprint density at radius 1 is 1.33 bits per heavy atom. The summed E-state index contributed by atoms with van der Waals surface area (Å²) in [5.74, 6) is -0.353. The van der Waals surface area contributed by atoms with E-state index in [1.54, 1.807) is 6.92 Å². The predicted molar refractivity (Wildman–Crippen MR) is 79.7 cm³/mol. The lowest BCUT2D eigenvalue weighted by Crippen LogP contribution is -2.27. The van der Waals surface area contributed by atoms with Crippen LogP contribution in [0.15, 0.2) is 11.6 Å². The molecule has 0 aromatic heterocycles. The first-order valence-electron chi connectivity index (χ1n) is 6.56. The van der Waals surface area contributed by atoms with E-state index in [-0.39, 0.29) is 12.4 Å². The van der Waals surface area contributed by atoms with Crippen LogP contribution in [0, 0.1) is 0 Å². The third-order valence-electron chi connectivity index (χ3n) is 2.74. The minimum Gasteiger partial charge on any atom is -0.466 e. The highest BCUT2D eigenvalue weighted by molar-refractivity contribution is 6.67. The van der Waals surface area contributed by atoms with Crippen molar-refractivity contribution < 1.29 is 23.8 Å². The van der Waals surface area contributed by atoms with Crippen molar-refractivity contribution in [2.45, 2.75) is 42.5 Å². The number of alkyl halides is 3. The number of halogens is 3. The zero-order valence-electron chi connectivity index (χ0n) is 11.6. The van der Waals surface area contributed by atoms with Crippen molar-refractivity contribution in [3.8, 4) is 0 Å². The maximum Gasteiger partial charge on any atom is 0.509 e. The molecule has 0 radical (unpaired) electrons. The van der Waals surface area contributed by atoms with Crippen LogP contribution in [0.5, 0.6) is 0 Å². The smallest absolute Gasteiger partial charge is 0.466 e. The molecule has 8 heteroatoms. The summed E-state index contributed by atoms with van der Waals surface area (Å²) in [5, 5.41) is 0. The van der Waals surface area contributed by atoms with E-state index < -0.39 is 22.7 Å². The van der Waals surface area contributed by atoms with E-state index in [1.807, 2.05) is 6.08 Å². The number of hydrogen-bond donors (Lipinski definition) is 0. The number of rotatable bonds is 5. The quantitative estimate of drug-likeness (QED) is 0.422. The Morgan fingerprint density at radius 2 is 2.05 bits per heavy atom. The van der Waals surface area contributed by atoms with Gasteiger partial charge in [-0.25, -0.2) is 4.79 Å². The summed E-state index contributed by atoms with van der Waals surface area (Å²) in [6, 6.07) is 0. The molecule has 1 atom stereocenters. The van der Waals surface area contributed by atoms with Gasteiger partial charge in [-0.2, -0.15) is 0 Å². The van der Waals surface area contributed by atoms with E-state index in [1.165, 1.54) is 0 Å². The zero-order chi connectivity index (χ0) is 15.9. The summed E-state index contributed by atoms with van der Waals surface area (Å²) >= 11 is 16.4. The molecule has 0 saturated heterocycles. The molecule has 0 spiro atoms. The average Bonchev–Trinajstić information content (AvgIpc) is 2.38. The largest absolute Gasteiger partial charge is 0.509 e. The van der Waals surface area contributed by atoms with Crippen LogP contribution >= 0.6 is 34.8 Å². The van der Waals surface area contributed by atoms with Crippen LogP contribution in [0.3, 0.4) is 0 Å². The van der Waals surface area contributed by atoms with E-state index in [0.717, 1.165) is 12.8 Å². The number of allylic oxidation sites excluding steroid dienone is 1. The van der Waals surface area contributed by atoms with Crippen molar-refractivity contribution in [1.82, 2.24) is 0 Å². The van der Waals surface area contributed by atoms with Crippen LogP contribution < -0.4 is 0 Å². The molecular weight excluding hydrogens is 342 g/mol. The van der Waals surface area contributed by atoms with E-state index in [2.05, 4.69) is 0 Å². The molecule has 0 N–H and O–H groups in total. The standard InChI is InChI=1S/C13H17Cl3O5/c1-2-19-11(17)7-9-5-3-4-6-10(9)21-12(18)20-8-13(14,15)16/h5,10H,2-4,6-8H2,1H3. The molecule has 0 fully saturated rings. The Kier molecular flexibility index (Phi) is 7.63. The van der Waals surface area contributed by atoms with Gasteiger partial charge < -0.3 is 14.2 Å². The zero-order valence-corrected chi connectivity index (χ0v) is 13.8. The molecule has 0 aromatic rings. The molecule has 120 valence electrons. The average molecular weight is 360 g/mol. The van der Waals surface area contributed by atoms with Crippen molar-refractivity contribution in [3.63, 3.8) is 0 Å². The van der Waals surface area contributed by atoms with Gasteiger partial charge in [-0.05, 0) is 31.8 Å². The number of esters is 1. The summed E-state index contributed by atoms with van der Waals surface area (Å²) in [4.78, 5) is 23.1. The predicted octanol–water partition coefficient (Wildman–Crippen LogP) is 3.94. The van der Waals surface area contributed by atoms with Crippen LogP contribution in [-0.4, -0.2) is 35.2 Å². The molecular formula is C13H17Cl3O5. The lowest BCUT2D eigenvalue weighted by molar-refractivity contribution is -0.142. The molecule has 0 bridgehead atoms. The van der Waals surface area contributed by atoms with Crippen LogP contribution in [0.4, 0.5) is 4.79 Å². The topological polar surface area (TPSA) is 61.8 Å². The van der Waals surface area contributed by atoms with E-state index in [0.29, 0.717) is 18.6 Å². The molecule has 1 rings (SSSR count). The summed E-state index contributed by atoms with van der Waals surface area (Å²) < 4.78 is 13.1. The second-order valence-corrected chi connectivity index (χ2v) is 6.97. The van der Waals surface area contributed by atoms with Crippen molar-refractivity contribution in [2.24, 2.45) is 0 Å². The lowest BCUT2D eigenvalue weighted by atomic mass is 9.94. The Balaban J connectivity index is 2.51. The van der Waals surface area contributed by atoms with Gasteiger partial charge in [-0.15, -0.1) is 0 Å². The number of ether oxygens (including phenoxy) is 3. The van der Waals surface area contributed by atoms with Crippen molar-refractivity contribution in [3.05, 3.63) is 11.6 Å². The van der Waals surface area contributed by atoms with Gasteiger partial charge in [0.2, 0.25) is 3.79 Å². The fraction of sp³-hybridized carbons (Fsp3) is 0.692. The number of hydrogen-bond acceptors (Lipinski definition) is 5. The summed E-state index contributed by atoms with van der Waals surface area (Å²) in [6.07, 6.45) is 2.85. The summed E-state index contributed by atoms with van der Waals surface area (Å²) in [6.45, 7) is 1.64. The van der Waals surface area contributed by atoms with Gasteiger partial charge in [0.25, 0.3) is 0 Å². The van der Waals surface area contributed by atoms with Gasteiger partial charge in [-0.3, -0.25) is 4.79 Å². The van der Waals surface area contributed by atoms with Crippen LogP contribution in [-0.2, 0) is 19.0 Å². The van der Waals surface area contributed by atoms with Gasteiger partial charge in [0, 0.05) is 0 Å². The first-order chi connectivity index (χ1) is 9.81. The third-order valence-corrected chi connectivity index (χ3v) is 3.06. The molecule has 21 heavy (non-hydrogen) atoms. The number of carbonyl (C=O) groups is 2. The third kappa shape index (κ3) is 7.79. The highest BCUT2D eigenvalue weighted by Gasteiger charge is 2.27. The summed E-state index contributed by atoms with van der Waals surface area (Å²) in [7, 11) is 0. The van der Waals surface area contributed by atoms with Gasteiger partial charge in [-0.1, -0.05) is 40.9 Å². The molecule has 1 aliphatic rings. The minimum atomic E-state index is -1.69. The van der Waals surface area contributed by atoms with Crippen LogP contribution in [0.25, 0.3) is 0 Å². The first-order valence-corrected chi connectivity index (χ1v) is 7.70. The van der Waals surface area contributed by atoms with Crippen LogP contribution in [0.2, 0.25) is 0 Å². The Morgan fingerprint density at radius 3 is 2.67 bits per heavy atom. The maximum absolute atomic E-state index is 11.6. The highest BCUT2D eigenvalue weighted by Crippen LogP contribution is 2.27. The monoisotopic (exact) mass is 358 g/mol. The maximum atomic E-state index is 11.6. The minimum absolute atomic E-state index is 0.0935. The summed E-state index contributed by atoms with van der Waals surface area (Å²) in [5.41, 5.74) is 0.713. The Hall–Kier alpha value is -0.650. The van der Waals surface area contributed by atoms with E-state index in [9.17, 15) is 9.59 Å². The second-order valence-electron chi connectivity index (χ2n) is 4.45. The van der Waals surface area contributed by atoms with Crippen molar-refractivity contribution in [2.75, 3.05) is 13.2 Å². The molecule has 0 aliphatic heterocycles. The molecule has 1 aliphatic carbocycles. The van der Waals surface area contributed by atoms with E-state index in [4.69, 9.17) is 49.0 Å².